The lowest BCUT2D eigenvalue weighted by atomic mass is 10.1. The Morgan fingerprint density at radius 1 is 1.24 bits per heavy atom. The minimum atomic E-state index is 0.202. The van der Waals surface area contributed by atoms with Crippen molar-refractivity contribution >= 4 is 0 Å². The molecule has 5 nitrogen and oxygen atoms in total. The quantitative estimate of drug-likeness (QED) is 0.888. The number of ether oxygens (including phenoxy) is 2. The summed E-state index contributed by atoms with van der Waals surface area (Å²) in [7, 11) is 5.30. The molecule has 2 rings (SSSR count). The van der Waals surface area contributed by atoms with Gasteiger partial charge in [0.1, 0.15) is 11.5 Å². The summed E-state index contributed by atoms with van der Waals surface area (Å²) < 4.78 is 12.7. The zero-order valence-electron chi connectivity index (χ0n) is 13.3. The minimum Gasteiger partial charge on any atom is -0.496 e. The van der Waals surface area contributed by atoms with Crippen LogP contribution in [-0.2, 0) is 13.6 Å². The summed E-state index contributed by atoms with van der Waals surface area (Å²) in [6, 6.07) is 6.02. The average Bonchev–Trinajstić information content (AvgIpc) is 2.84. The number of aryl methyl sites for hydroxylation is 1. The van der Waals surface area contributed by atoms with Crippen LogP contribution in [-0.4, -0.2) is 24.0 Å². The molecule has 1 atom stereocenters. The molecular weight excluding hydrogens is 266 g/mol. The monoisotopic (exact) mass is 289 g/mol. The number of nitrogens with one attached hydrogen (secondary N) is 1. The lowest BCUT2D eigenvalue weighted by Crippen LogP contribution is -2.19. The van der Waals surface area contributed by atoms with Crippen molar-refractivity contribution in [1.29, 1.82) is 0 Å². The topological polar surface area (TPSA) is 48.3 Å². The Hall–Kier alpha value is -2.01. The standard InChI is InChI=1S/C16H23N3O2/c1-11(13-10-18-19(3)12(13)2)17-9-14-15(20-4)7-6-8-16(14)21-5/h6-8,10-11,17H,9H2,1-5H3. The van der Waals surface area contributed by atoms with E-state index in [0.717, 1.165) is 17.1 Å². The Kier molecular flexibility index (Phi) is 4.85. The van der Waals surface area contributed by atoms with Gasteiger partial charge in [-0.15, -0.1) is 0 Å². The van der Waals surface area contributed by atoms with Crippen molar-refractivity contribution in [2.45, 2.75) is 26.4 Å². The Labute approximate surface area is 125 Å². The number of aromatic nitrogens is 2. The summed E-state index contributed by atoms with van der Waals surface area (Å²) in [5, 5.41) is 7.79. The van der Waals surface area contributed by atoms with Crippen LogP contribution in [0.1, 0.15) is 29.8 Å². The van der Waals surface area contributed by atoms with E-state index in [2.05, 4.69) is 24.3 Å². The van der Waals surface area contributed by atoms with Gasteiger partial charge in [0.15, 0.2) is 0 Å². The maximum atomic E-state index is 5.42. The van der Waals surface area contributed by atoms with E-state index in [-0.39, 0.29) is 6.04 Å². The number of methoxy groups -OCH3 is 2. The lowest BCUT2D eigenvalue weighted by Gasteiger charge is -2.17. The van der Waals surface area contributed by atoms with Crippen LogP contribution >= 0.6 is 0 Å². The van der Waals surface area contributed by atoms with E-state index in [0.29, 0.717) is 6.54 Å². The summed E-state index contributed by atoms with van der Waals surface area (Å²) in [4.78, 5) is 0. The van der Waals surface area contributed by atoms with Crippen molar-refractivity contribution in [3.05, 3.63) is 41.2 Å². The highest BCUT2D eigenvalue weighted by molar-refractivity contribution is 5.44. The molecule has 0 bridgehead atoms. The van der Waals surface area contributed by atoms with Crippen molar-refractivity contribution < 1.29 is 9.47 Å². The number of hydrogen-bond donors (Lipinski definition) is 1. The molecule has 0 aliphatic rings. The highest BCUT2D eigenvalue weighted by Crippen LogP contribution is 2.28. The van der Waals surface area contributed by atoms with Gasteiger partial charge >= 0.3 is 0 Å². The van der Waals surface area contributed by atoms with Gasteiger partial charge in [-0.1, -0.05) is 6.07 Å². The van der Waals surface area contributed by atoms with Crippen LogP contribution in [0.3, 0.4) is 0 Å². The van der Waals surface area contributed by atoms with E-state index in [1.54, 1.807) is 14.2 Å². The second-order valence-electron chi connectivity index (χ2n) is 5.05. The third-order valence-electron chi connectivity index (χ3n) is 3.85. The van der Waals surface area contributed by atoms with Gasteiger partial charge < -0.3 is 14.8 Å². The first-order valence-electron chi connectivity index (χ1n) is 7.00. The fourth-order valence-electron chi connectivity index (χ4n) is 2.41. The largest absolute Gasteiger partial charge is 0.496 e. The maximum absolute atomic E-state index is 5.42. The molecule has 1 heterocycles. The Morgan fingerprint density at radius 3 is 2.33 bits per heavy atom. The molecule has 0 spiro atoms. The van der Waals surface area contributed by atoms with Crippen LogP contribution < -0.4 is 14.8 Å². The van der Waals surface area contributed by atoms with E-state index >= 15 is 0 Å². The average molecular weight is 289 g/mol. The van der Waals surface area contributed by atoms with Crippen molar-refractivity contribution in [1.82, 2.24) is 15.1 Å². The van der Waals surface area contributed by atoms with Crippen molar-refractivity contribution in [2.24, 2.45) is 7.05 Å². The number of nitrogens with zero attached hydrogens (tertiary/aromatic N) is 2. The highest BCUT2D eigenvalue weighted by Gasteiger charge is 2.14. The van der Waals surface area contributed by atoms with E-state index < -0.39 is 0 Å². The number of hydrogen-bond acceptors (Lipinski definition) is 4. The van der Waals surface area contributed by atoms with Gasteiger partial charge in [-0.05, 0) is 26.0 Å². The van der Waals surface area contributed by atoms with E-state index in [1.165, 1.54) is 11.3 Å². The van der Waals surface area contributed by atoms with E-state index in [4.69, 9.17) is 9.47 Å². The summed E-state index contributed by atoms with van der Waals surface area (Å²) in [5.74, 6) is 1.66. The molecule has 114 valence electrons. The molecule has 2 aromatic rings. The predicted molar refractivity (Wildman–Crippen MR) is 82.7 cm³/mol. The second-order valence-corrected chi connectivity index (χ2v) is 5.05. The third-order valence-corrected chi connectivity index (χ3v) is 3.85. The Morgan fingerprint density at radius 2 is 1.86 bits per heavy atom. The van der Waals surface area contributed by atoms with Gasteiger partial charge in [0.05, 0.1) is 20.4 Å². The molecule has 0 saturated heterocycles. The van der Waals surface area contributed by atoms with Gasteiger partial charge in [0.25, 0.3) is 0 Å². The summed E-state index contributed by atoms with van der Waals surface area (Å²) in [6.45, 7) is 4.87. The fourth-order valence-corrected chi connectivity index (χ4v) is 2.41. The maximum Gasteiger partial charge on any atom is 0.127 e. The molecule has 0 saturated carbocycles. The normalized spacial score (nSPS) is 12.2. The molecule has 1 aromatic heterocycles. The van der Waals surface area contributed by atoms with Crippen LogP contribution in [0, 0.1) is 6.92 Å². The summed E-state index contributed by atoms with van der Waals surface area (Å²) >= 11 is 0. The fraction of sp³-hybridized carbons (Fsp3) is 0.438. The first-order chi connectivity index (χ1) is 10.1. The molecule has 0 aliphatic heterocycles. The van der Waals surface area contributed by atoms with Crippen LogP contribution in [0.2, 0.25) is 0 Å². The van der Waals surface area contributed by atoms with Crippen molar-refractivity contribution in [2.75, 3.05) is 14.2 Å². The first kappa shape index (κ1) is 15.4. The molecule has 0 aliphatic carbocycles. The Bertz CT molecular complexity index is 585. The summed E-state index contributed by atoms with van der Waals surface area (Å²) in [5.41, 5.74) is 3.39. The van der Waals surface area contributed by atoms with Crippen molar-refractivity contribution in [3.63, 3.8) is 0 Å². The molecule has 1 N–H and O–H groups in total. The zero-order valence-corrected chi connectivity index (χ0v) is 13.3. The molecular formula is C16H23N3O2. The van der Waals surface area contributed by atoms with E-state index in [9.17, 15) is 0 Å². The van der Waals surface area contributed by atoms with Crippen molar-refractivity contribution in [3.8, 4) is 11.5 Å². The van der Waals surface area contributed by atoms with Crippen LogP contribution in [0.5, 0.6) is 11.5 Å². The first-order valence-corrected chi connectivity index (χ1v) is 7.00. The number of benzene rings is 1. The predicted octanol–water partition coefficient (Wildman–Crippen LogP) is 2.60. The third kappa shape index (κ3) is 3.19. The number of rotatable bonds is 6. The van der Waals surface area contributed by atoms with Crippen LogP contribution in [0.15, 0.2) is 24.4 Å². The van der Waals surface area contributed by atoms with Gasteiger partial charge in [-0.2, -0.15) is 5.10 Å². The smallest absolute Gasteiger partial charge is 0.127 e. The zero-order chi connectivity index (χ0) is 15.4. The molecule has 0 amide bonds. The summed E-state index contributed by atoms with van der Waals surface area (Å²) in [6.07, 6.45) is 1.91. The Balaban J connectivity index is 2.14. The van der Waals surface area contributed by atoms with Crippen LogP contribution in [0.25, 0.3) is 0 Å². The SMILES string of the molecule is COc1cccc(OC)c1CNC(C)c1cnn(C)c1C. The lowest BCUT2D eigenvalue weighted by molar-refractivity contribution is 0.380. The highest BCUT2D eigenvalue weighted by atomic mass is 16.5. The molecule has 21 heavy (non-hydrogen) atoms. The van der Waals surface area contributed by atoms with Gasteiger partial charge in [-0.25, -0.2) is 0 Å². The molecule has 1 aromatic carbocycles. The molecule has 0 radical (unpaired) electrons. The second kappa shape index (κ2) is 6.63. The van der Waals surface area contributed by atoms with Crippen LogP contribution in [0.4, 0.5) is 0 Å². The molecule has 1 unspecified atom stereocenters. The van der Waals surface area contributed by atoms with Gasteiger partial charge in [-0.3, -0.25) is 4.68 Å². The van der Waals surface area contributed by atoms with E-state index in [1.807, 2.05) is 36.1 Å². The minimum absolute atomic E-state index is 0.202. The van der Waals surface area contributed by atoms with Gasteiger partial charge in [0, 0.05) is 36.5 Å². The van der Waals surface area contributed by atoms with Gasteiger partial charge in [0.2, 0.25) is 0 Å². The molecule has 0 fully saturated rings. The molecule has 5 heteroatoms.